The maximum Gasteiger partial charge on any atom is 2.00 e. The van der Waals surface area contributed by atoms with E-state index in [1.807, 2.05) is 0 Å². The molecule has 0 aromatic rings. The van der Waals surface area contributed by atoms with Crippen LogP contribution in [0.5, 0.6) is 0 Å². The summed E-state index contributed by atoms with van der Waals surface area (Å²) in [6.45, 7) is 26.2. The zero-order valence-corrected chi connectivity index (χ0v) is 48.8. The summed E-state index contributed by atoms with van der Waals surface area (Å²) in [5, 5.41) is 0. The molecule has 0 bridgehead atoms. The molecule has 1 N–H and O–H groups in total. The summed E-state index contributed by atoms with van der Waals surface area (Å²) in [5.41, 5.74) is 0. The van der Waals surface area contributed by atoms with E-state index < -0.39 is 38.8 Å². The topological polar surface area (TPSA) is 158 Å². The second-order valence-corrected chi connectivity index (χ2v) is 32.2. The third kappa shape index (κ3) is 59.6. The normalized spacial score (nSPS) is 11.7. The molecule has 62 heavy (non-hydrogen) atoms. The molecule has 0 spiro atoms. The molecular weight excluding hydrogens is 919 g/mol. The van der Waals surface area contributed by atoms with Gasteiger partial charge in [-0.3, -0.25) is 0 Å². The molecule has 14 heteroatoms. The zero-order valence-electron chi connectivity index (χ0n) is 43.3. The summed E-state index contributed by atoms with van der Waals surface area (Å²) in [4.78, 5) is 0. The van der Waals surface area contributed by atoms with Gasteiger partial charge in [0.2, 0.25) is 0 Å². The SMILES string of the molecule is CCCCP(=O)(CCCC)CCCC.CCCCP(=O)(CCCC)CCCC.CCCCP(=O)(CCCC)CCCC.CCCCP(=O)(CCCC)CCCC.[Mn+2].[O-][Cl+3]([O-])([O-])O. The van der Waals surface area contributed by atoms with Crippen molar-refractivity contribution in [1.29, 1.82) is 0 Å². The van der Waals surface area contributed by atoms with Gasteiger partial charge in [0.25, 0.3) is 0 Å². The summed E-state index contributed by atoms with van der Waals surface area (Å²) in [6, 6.07) is 0. The van der Waals surface area contributed by atoms with Gasteiger partial charge in [-0.1, -0.05) is 160 Å². The first-order valence-corrected chi connectivity index (χ1v) is 36.0. The third-order valence-corrected chi connectivity index (χ3v) is 24.6. The van der Waals surface area contributed by atoms with Crippen molar-refractivity contribution in [3.63, 3.8) is 0 Å². The first-order chi connectivity index (χ1) is 28.7. The Morgan fingerprint density at radius 1 is 0.274 bits per heavy atom. The Kier molecular flexibility index (Phi) is 62.9. The summed E-state index contributed by atoms with van der Waals surface area (Å²) < 4.78 is 82.7. The van der Waals surface area contributed by atoms with E-state index in [2.05, 4.69) is 83.1 Å². The summed E-state index contributed by atoms with van der Waals surface area (Å²) in [7, 11) is -11.8. The van der Waals surface area contributed by atoms with Gasteiger partial charge in [-0.15, -0.1) is 0 Å². The van der Waals surface area contributed by atoms with Gasteiger partial charge in [-0.05, 0) is 77.0 Å². The van der Waals surface area contributed by atoms with E-state index in [0.717, 1.165) is 151 Å². The molecular formula is C48H109ClMnO8P4+2. The van der Waals surface area contributed by atoms with Crippen LogP contribution in [0.1, 0.15) is 237 Å². The van der Waals surface area contributed by atoms with Gasteiger partial charge in [0.1, 0.15) is 0 Å². The molecule has 0 rings (SSSR count). The van der Waals surface area contributed by atoms with E-state index in [0.29, 0.717) is 0 Å². The standard InChI is InChI=1S/4C12H27OP.ClHO4.Mn/c4*1-4-7-10-14(13,11-8-5-2)12-9-6-3;2-1(3,4)5;/h4*4-12H2,1-3H3;(H,2,3,4,5);/q;;;;;+2. The van der Waals surface area contributed by atoms with Crippen molar-refractivity contribution in [3.05, 3.63) is 0 Å². The number of rotatable bonds is 36. The number of halogens is 1. The van der Waals surface area contributed by atoms with Crippen molar-refractivity contribution >= 4 is 28.6 Å². The zero-order chi connectivity index (χ0) is 48.0. The van der Waals surface area contributed by atoms with Gasteiger partial charge in [-0.25, -0.2) is 0 Å². The molecule has 0 saturated carbocycles. The predicted molar refractivity (Wildman–Crippen MR) is 270 cm³/mol. The van der Waals surface area contributed by atoms with Crippen LogP contribution < -0.4 is 14.0 Å². The molecule has 0 amide bonds. The van der Waals surface area contributed by atoms with Crippen LogP contribution in [-0.2, 0) is 35.3 Å². The quantitative estimate of drug-likeness (QED) is 0.0480. The van der Waals surface area contributed by atoms with Crippen molar-refractivity contribution < 1.29 is 64.2 Å². The Balaban J connectivity index is -0.000000161. The van der Waals surface area contributed by atoms with Crippen LogP contribution in [0.4, 0.5) is 0 Å². The fraction of sp³-hybridized carbons (Fsp3) is 1.00. The van der Waals surface area contributed by atoms with E-state index >= 15 is 0 Å². The van der Waals surface area contributed by atoms with Crippen molar-refractivity contribution in [3.8, 4) is 0 Å². The first kappa shape index (κ1) is 75.1. The molecule has 0 atom stereocenters. The average molecular weight is 1030 g/mol. The van der Waals surface area contributed by atoms with E-state index in [1.165, 1.54) is 77.0 Å². The average Bonchev–Trinajstić information content (AvgIpc) is 3.23. The van der Waals surface area contributed by atoms with Crippen molar-refractivity contribution in [1.82, 2.24) is 0 Å². The first-order valence-electron chi connectivity index (χ1n) is 25.6. The Morgan fingerprint density at radius 3 is 0.387 bits per heavy atom. The van der Waals surface area contributed by atoms with Crippen LogP contribution in [0.25, 0.3) is 0 Å². The molecule has 0 aromatic carbocycles. The molecule has 1 radical (unpaired) electrons. The van der Waals surface area contributed by atoms with E-state index in [9.17, 15) is 18.3 Å². The van der Waals surface area contributed by atoms with Gasteiger partial charge in [0, 0.05) is 73.9 Å². The molecule has 0 unspecified atom stereocenters. The fourth-order valence-electron chi connectivity index (χ4n) is 6.70. The Morgan fingerprint density at radius 2 is 0.339 bits per heavy atom. The van der Waals surface area contributed by atoms with Crippen molar-refractivity contribution in [2.24, 2.45) is 0 Å². The van der Waals surface area contributed by atoms with E-state index in [4.69, 9.17) is 18.6 Å². The number of hydrogen-bond acceptors (Lipinski definition) is 8. The van der Waals surface area contributed by atoms with Gasteiger partial charge in [0.15, 0.2) is 0 Å². The van der Waals surface area contributed by atoms with Gasteiger partial charge in [-0.2, -0.15) is 14.0 Å². The smallest absolute Gasteiger partial charge is 0.324 e. The van der Waals surface area contributed by atoms with Gasteiger partial charge >= 0.3 is 17.1 Å². The van der Waals surface area contributed by atoms with Gasteiger partial charge < -0.3 is 18.3 Å². The maximum absolute atomic E-state index is 12.5. The Labute approximate surface area is 401 Å². The minimum Gasteiger partial charge on any atom is -0.324 e. The molecule has 0 heterocycles. The maximum atomic E-state index is 12.5. The van der Waals surface area contributed by atoms with Crippen LogP contribution in [0.15, 0.2) is 0 Å². The fourth-order valence-corrected chi connectivity index (χ4v) is 20.1. The predicted octanol–water partition coefficient (Wildman–Crippen LogP) is 14.9. The van der Waals surface area contributed by atoms with E-state index in [-0.39, 0.29) is 17.1 Å². The number of hydrogen-bond donors (Lipinski definition) is 1. The van der Waals surface area contributed by atoms with Crippen LogP contribution in [0.2, 0.25) is 0 Å². The summed E-state index contributed by atoms with van der Waals surface area (Å²) >= 11 is 0. The second kappa shape index (κ2) is 52.0. The summed E-state index contributed by atoms with van der Waals surface area (Å²) in [6.07, 6.45) is 40.1. The van der Waals surface area contributed by atoms with E-state index in [1.54, 1.807) is 0 Å². The molecule has 8 nitrogen and oxygen atoms in total. The third-order valence-electron chi connectivity index (χ3n) is 11.0. The Bertz CT molecular complexity index is 806. The van der Waals surface area contributed by atoms with Crippen molar-refractivity contribution in [2.45, 2.75) is 237 Å². The molecule has 0 fully saturated rings. The molecule has 0 aliphatic rings. The molecule has 381 valence electrons. The minimum absolute atomic E-state index is 0. The van der Waals surface area contributed by atoms with Crippen LogP contribution >= 0.6 is 28.6 Å². The summed E-state index contributed by atoms with van der Waals surface area (Å²) in [5.74, 6) is 0. The second-order valence-electron chi connectivity index (χ2n) is 17.6. The monoisotopic (exact) mass is 1030 g/mol. The minimum atomic E-state index is -4.69. The van der Waals surface area contributed by atoms with Crippen molar-refractivity contribution in [2.75, 3.05) is 73.9 Å². The van der Waals surface area contributed by atoms with Crippen LogP contribution in [-0.4, -0.2) is 78.6 Å². The van der Waals surface area contributed by atoms with Gasteiger partial charge in [0.05, 0.1) is 43.5 Å². The van der Waals surface area contributed by atoms with Crippen LogP contribution in [0, 0.1) is 10.2 Å². The largest absolute Gasteiger partial charge is 2.00 e. The number of unbranched alkanes of at least 4 members (excludes halogenated alkanes) is 12. The molecule has 0 aliphatic heterocycles. The van der Waals surface area contributed by atoms with Crippen LogP contribution in [0.3, 0.4) is 0 Å². The molecule has 0 saturated heterocycles. The molecule has 0 aromatic heterocycles. The molecule has 0 aliphatic carbocycles. The Hall–Kier alpha value is 1.57.